The van der Waals surface area contributed by atoms with Crippen molar-refractivity contribution >= 4 is 36.1 Å². The van der Waals surface area contributed by atoms with Crippen LogP contribution in [-0.4, -0.2) is 59.2 Å². The van der Waals surface area contributed by atoms with Gasteiger partial charge in [0, 0.05) is 31.3 Å². The monoisotopic (exact) mass is 446 g/mol. The van der Waals surface area contributed by atoms with Gasteiger partial charge >= 0.3 is 5.97 Å². The van der Waals surface area contributed by atoms with Crippen molar-refractivity contribution in [2.24, 2.45) is 5.92 Å². The van der Waals surface area contributed by atoms with Gasteiger partial charge in [-0.25, -0.2) is 9.97 Å². The molecule has 1 aliphatic heterocycles. The molecule has 2 aliphatic rings. The number of ether oxygens (including phenoxy) is 1. The average molecular weight is 446 g/mol. The Morgan fingerprint density at radius 3 is 2.52 bits per heavy atom. The maximum Gasteiger partial charge on any atom is 0.303 e. The normalized spacial score (nSPS) is 22.0. The molecular formula is C25H31BN4O3. The number of piperidine rings is 1. The molecule has 8 heteroatoms. The van der Waals surface area contributed by atoms with Crippen LogP contribution in [0.2, 0.25) is 0 Å². The summed E-state index contributed by atoms with van der Waals surface area (Å²) < 4.78 is 6.38. The van der Waals surface area contributed by atoms with Crippen LogP contribution in [0.4, 0.5) is 5.82 Å². The zero-order valence-corrected chi connectivity index (χ0v) is 19.2. The molecule has 1 saturated carbocycles. The summed E-state index contributed by atoms with van der Waals surface area (Å²) in [5.74, 6) is 1.49. The molecule has 2 fully saturated rings. The molecule has 3 aromatic rings. The van der Waals surface area contributed by atoms with E-state index in [0.29, 0.717) is 18.4 Å². The van der Waals surface area contributed by atoms with Gasteiger partial charge in [-0.15, -0.1) is 0 Å². The Bertz CT molecular complexity index is 1100. The molecule has 33 heavy (non-hydrogen) atoms. The zero-order valence-electron chi connectivity index (χ0n) is 19.2. The van der Waals surface area contributed by atoms with E-state index in [1.54, 1.807) is 0 Å². The molecule has 1 aliphatic carbocycles. The predicted molar refractivity (Wildman–Crippen MR) is 132 cm³/mol. The van der Waals surface area contributed by atoms with Crippen LogP contribution in [0.3, 0.4) is 0 Å². The minimum absolute atomic E-state index is 0.288. The summed E-state index contributed by atoms with van der Waals surface area (Å²) in [6.45, 7) is 1.88. The van der Waals surface area contributed by atoms with Gasteiger partial charge in [-0.3, -0.25) is 4.79 Å². The number of H-pyrrole nitrogens is 1. The molecule has 1 saturated heterocycles. The number of pyridine rings is 1. The molecule has 0 atom stereocenters. The fraction of sp³-hybridized carbons (Fsp3) is 0.480. The van der Waals surface area contributed by atoms with E-state index in [4.69, 9.17) is 19.8 Å². The van der Waals surface area contributed by atoms with Crippen molar-refractivity contribution in [3.8, 4) is 11.4 Å². The minimum Gasteiger partial charge on any atom is -0.481 e. The van der Waals surface area contributed by atoms with Crippen molar-refractivity contribution in [3.05, 3.63) is 36.5 Å². The number of carboxylic acids is 1. The van der Waals surface area contributed by atoms with Gasteiger partial charge in [0.1, 0.15) is 19.5 Å². The average Bonchev–Trinajstić information content (AvgIpc) is 3.27. The number of fused-ring (bicyclic) bond motifs is 1. The van der Waals surface area contributed by atoms with Gasteiger partial charge in [0.05, 0.1) is 23.2 Å². The molecule has 3 heterocycles. The van der Waals surface area contributed by atoms with Gasteiger partial charge in [-0.1, -0.05) is 17.6 Å². The SMILES string of the molecule is Bc1cccc2nc(-c3ccc(N4CCC(O[C@H]5CC[C@H](CC(=O)O)CC5)CC4)nc3)[nH]c12. The van der Waals surface area contributed by atoms with Crippen molar-refractivity contribution in [1.29, 1.82) is 0 Å². The van der Waals surface area contributed by atoms with E-state index in [2.05, 4.69) is 35.9 Å². The van der Waals surface area contributed by atoms with Gasteiger partial charge in [0.25, 0.3) is 0 Å². The van der Waals surface area contributed by atoms with Crippen LogP contribution < -0.4 is 10.4 Å². The number of aromatic amines is 1. The fourth-order valence-corrected chi connectivity index (χ4v) is 5.24. The van der Waals surface area contributed by atoms with Crippen LogP contribution >= 0.6 is 0 Å². The highest BCUT2D eigenvalue weighted by Crippen LogP contribution is 2.31. The second kappa shape index (κ2) is 9.55. The van der Waals surface area contributed by atoms with Crippen molar-refractivity contribution in [2.75, 3.05) is 18.0 Å². The standard InChI is InChI=1S/C25H31BN4O3/c26-20-2-1-3-21-24(20)29-25(28-21)17-6-9-22(27-15-17)30-12-10-19(11-13-30)33-18-7-4-16(5-8-18)14-23(31)32/h1-3,6,9,15-16,18-19H,4-5,7-8,10-14,26H2,(H,28,29)(H,31,32)/t16-,18-. The number of nitrogens with zero attached hydrogens (tertiary/aromatic N) is 3. The van der Waals surface area contributed by atoms with Gasteiger partial charge in [-0.2, -0.15) is 0 Å². The third-order valence-electron chi connectivity index (χ3n) is 7.16. The molecule has 0 unspecified atom stereocenters. The first kappa shape index (κ1) is 22.0. The number of carboxylic acid groups (broad SMARTS) is 1. The van der Waals surface area contributed by atoms with Gasteiger partial charge in [0.15, 0.2) is 0 Å². The molecule has 0 bridgehead atoms. The lowest BCUT2D eigenvalue weighted by atomic mass is 9.85. The van der Waals surface area contributed by atoms with E-state index >= 15 is 0 Å². The largest absolute Gasteiger partial charge is 0.481 e. The molecule has 0 spiro atoms. The van der Waals surface area contributed by atoms with E-state index in [1.165, 1.54) is 5.46 Å². The molecular weight excluding hydrogens is 415 g/mol. The lowest BCUT2D eigenvalue weighted by Crippen LogP contribution is -2.39. The summed E-state index contributed by atoms with van der Waals surface area (Å²) in [6, 6.07) is 10.3. The van der Waals surface area contributed by atoms with Gasteiger partial charge in [0.2, 0.25) is 0 Å². The van der Waals surface area contributed by atoms with Crippen LogP contribution in [-0.2, 0) is 9.53 Å². The summed E-state index contributed by atoms with van der Waals surface area (Å²) in [5.41, 5.74) is 4.24. The summed E-state index contributed by atoms with van der Waals surface area (Å²) >= 11 is 0. The Morgan fingerprint density at radius 1 is 1.09 bits per heavy atom. The molecule has 7 nitrogen and oxygen atoms in total. The third-order valence-corrected chi connectivity index (χ3v) is 7.16. The first-order chi connectivity index (χ1) is 16.0. The summed E-state index contributed by atoms with van der Waals surface area (Å²) in [4.78, 5) is 26.1. The first-order valence-electron chi connectivity index (χ1n) is 12.1. The number of nitrogens with one attached hydrogen (secondary N) is 1. The number of rotatable bonds is 6. The smallest absolute Gasteiger partial charge is 0.303 e. The summed E-state index contributed by atoms with van der Waals surface area (Å²) in [7, 11) is 2.09. The Morgan fingerprint density at radius 2 is 1.85 bits per heavy atom. The molecule has 0 amide bonds. The number of benzene rings is 1. The highest BCUT2D eigenvalue weighted by molar-refractivity contribution is 6.38. The Labute approximate surface area is 195 Å². The van der Waals surface area contributed by atoms with E-state index in [1.807, 2.05) is 18.3 Å². The predicted octanol–water partition coefficient (Wildman–Crippen LogP) is 2.90. The van der Waals surface area contributed by atoms with E-state index in [-0.39, 0.29) is 6.10 Å². The number of imidazole rings is 1. The highest BCUT2D eigenvalue weighted by atomic mass is 16.5. The maximum absolute atomic E-state index is 10.9. The lowest BCUT2D eigenvalue weighted by molar-refractivity contribution is -0.138. The van der Waals surface area contributed by atoms with Crippen LogP contribution in [0.1, 0.15) is 44.9 Å². The number of aliphatic carboxylic acids is 1. The maximum atomic E-state index is 10.9. The van der Waals surface area contributed by atoms with Crippen LogP contribution in [0.5, 0.6) is 0 Å². The van der Waals surface area contributed by atoms with Crippen LogP contribution in [0.15, 0.2) is 36.5 Å². The highest BCUT2D eigenvalue weighted by Gasteiger charge is 2.28. The van der Waals surface area contributed by atoms with Crippen molar-refractivity contribution < 1.29 is 14.6 Å². The second-order valence-corrected chi connectivity index (χ2v) is 9.52. The number of carbonyl (C=O) groups is 1. The van der Waals surface area contributed by atoms with E-state index < -0.39 is 5.97 Å². The molecule has 172 valence electrons. The van der Waals surface area contributed by atoms with E-state index in [9.17, 15) is 4.79 Å². The van der Waals surface area contributed by atoms with Gasteiger partial charge < -0.3 is 19.7 Å². The van der Waals surface area contributed by atoms with Crippen molar-refractivity contribution in [1.82, 2.24) is 15.0 Å². The summed E-state index contributed by atoms with van der Waals surface area (Å²) in [6.07, 6.45) is 8.70. The van der Waals surface area contributed by atoms with E-state index in [0.717, 1.165) is 79.9 Å². The fourth-order valence-electron chi connectivity index (χ4n) is 5.24. The number of anilines is 1. The third kappa shape index (κ3) is 5.06. The Hall–Kier alpha value is -2.87. The Kier molecular flexibility index (Phi) is 6.35. The summed E-state index contributed by atoms with van der Waals surface area (Å²) in [5, 5.41) is 8.98. The first-order valence-corrected chi connectivity index (χ1v) is 12.1. The molecule has 5 rings (SSSR count). The molecule has 2 aromatic heterocycles. The van der Waals surface area contributed by atoms with Crippen LogP contribution in [0.25, 0.3) is 22.4 Å². The van der Waals surface area contributed by atoms with Crippen molar-refractivity contribution in [2.45, 2.75) is 57.2 Å². The topological polar surface area (TPSA) is 91.3 Å². The number of hydrogen-bond donors (Lipinski definition) is 2. The number of aromatic nitrogens is 3. The molecule has 2 N–H and O–H groups in total. The van der Waals surface area contributed by atoms with Crippen molar-refractivity contribution in [3.63, 3.8) is 0 Å². The van der Waals surface area contributed by atoms with Gasteiger partial charge in [-0.05, 0) is 62.6 Å². The second-order valence-electron chi connectivity index (χ2n) is 9.52. The number of para-hydroxylation sites is 1. The van der Waals surface area contributed by atoms with Crippen LogP contribution in [0, 0.1) is 5.92 Å². The number of hydrogen-bond acceptors (Lipinski definition) is 5. The molecule has 1 aromatic carbocycles. The lowest BCUT2D eigenvalue weighted by Gasteiger charge is -2.36. The Balaban J connectivity index is 1.13. The zero-order chi connectivity index (χ0) is 22.8. The minimum atomic E-state index is -0.680. The quantitative estimate of drug-likeness (QED) is 0.566. The molecule has 0 radical (unpaired) electrons.